The van der Waals surface area contributed by atoms with E-state index < -0.39 is 0 Å². The van der Waals surface area contributed by atoms with Crippen molar-refractivity contribution in [1.29, 1.82) is 0 Å². The van der Waals surface area contributed by atoms with E-state index in [1.165, 1.54) is 9.47 Å². The van der Waals surface area contributed by atoms with Crippen LogP contribution in [0.25, 0.3) is 0 Å². The molecule has 1 unspecified atom stereocenters. The largest absolute Gasteiger partial charge is 1.00 e. The van der Waals surface area contributed by atoms with E-state index in [1.54, 1.807) is 0 Å². The Labute approximate surface area is 116 Å². The molecule has 0 aliphatic heterocycles. The quantitative estimate of drug-likeness (QED) is 0.256. The summed E-state index contributed by atoms with van der Waals surface area (Å²) in [6.45, 7) is 0. The molecule has 1 nitrogen and oxygen atoms in total. The van der Waals surface area contributed by atoms with Gasteiger partial charge in [-0.25, -0.2) is 0 Å². The van der Waals surface area contributed by atoms with Crippen molar-refractivity contribution in [3.05, 3.63) is 0 Å². The van der Waals surface area contributed by atoms with Crippen LogP contribution in [0.15, 0.2) is 0 Å². The Balaban J connectivity index is -0.000000000833. The van der Waals surface area contributed by atoms with Crippen LogP contribution in [0.5, 0.6) is 0 Å². The van der Waals surface area contributed by atoms with Gasteiger partial charge in [0.05, 0.1) is 0 Å². The molecule has 0 saturated carbocycles. The number of rotatable bonds is 0. The summed E-state index contributed by atoms with van der Waals surface area (Å²) in [5.41, 5.74) is 0. The zero-order valence-electron chi connectivity index (χ0n) is 5.02. The molecule has 4 heavy (non-hydrogen) atoms. The Morgan fingerprint density at radius 3 is 1.25 bits per heavy atom. The zero-order chi connectivity index (χ0) is 2.00. The van der Waals surface area contributed by atoms with Crippen molar-refractivity contribution < 1.29 is 111 Å². The summed E-state index contributed by atoms with van der Waals surface area (Å²) in [6, 6.07) is 0. The summed E-state index contributed by atoms with van der Waals surface area (Å²) in [6.07, 6.45) is 0. The number of hydrogen-bond donors (Lipinski definition) is 1. The zero-order valence-corrected chi connectivity index (χ0v) is 10.4. The van der Waals surface area contributed by atoms with Crippen LogP contribution in [-0.4, -0.2) is 4.89 Å². The monoisotopic (exact) mass is 130 g/mol. The van der Waals surface area contributed by atoms with E-state index >= 15 is 0 Å². The molecule has 0 aliphatic rings. The molecule has 1 atom stereocenters. The van der Waals surface area contributed by atoms with Crippen molar-refractivity contribution in [1.82, 2.24) is 0 Å². The van der Waals surface area contributed by atoms with E-state index in [-0.39, 0.29) is 106 Å². The molecule has 0 amide bonds. The van der Waals surface area contributed by atoms with Gasteiger partial charge in [0.1, 0.15) is 0 Å². The third kappa shape index (κ3) is 9.18. The van der Waals surface area contributed by atoms with Gasteiger partial charge in [-0.2, -0.15) is 0 Å². The Kier molecular flexibility index (Phi) is 62.3. The predicted octanol–water partition coefficient (Wildman–Crippen LogP) is -6.00. The standard InChI is InChI=1S/2K.H3OP.2H/c;;1-2;;/h;;1H,2H2;;/q2*+1;;2*-1. The van der Waals surface area contributed by atoms with Crippen LogP contribution >= 0.6 is 9.47 Å². The molecule has 0 aromatic carbocycles. The van der Waals surface area contributed by atoms with Gasteiger partial charge in [0, 0.05) is 0 Å². The van der Waals surface area contributed by atoms with E-state index in [0.29, 0.717) is 0 Å². The van der Waals surface area contributed by atoms with Crippen LogP contribution in [0.4, 0.5) is 0 Å². The maximum atomic E-state index is 6.92. The van der Waals surface area contributed by atoms with Crippen LogP contribution < -0.4 is 103 Å². The Bertz CT molecular complexity index is 11.5. The third-order valence-electron chi connectivity index (χ3n) is 0. The second-order valence-electron chi connectivity index (χ2n) is 0. The van der Waals surface area contributed by atoms with Crippen molar-refractivity contribution in [3.63, 3.8) is 0 Å². The Hall–Kier alpha value is 3.66. The first kappa shape index (κ1) is 15.6. The van der Waals surface area contributed by atoms with Crippen LogP contribution in [-0.2, 0) is 0 Å². The number of hydrogen-bond acceptors (Lipinski definition) is 1. The van der Waals surface area contributed by atoms with Crippen molar-refractivity contribution in [2.45, 2.75) is 0 Å². The molecule has 0 radical (unpaired) electrons. The molecule has 0 saturated heterocycles. The van der Waals surface area contributed by atoms with Crippen molar-refractivity contribution in [2.24, 2.45) is 0 Å². The van der Waals surface area contributed by atoms with Crippen LogP contribution in [0.1, 0.15) is 2.85 Å². The average Bonchev–Trinajstić information content (AvgIpc) is 1.00. The molecular formula is H5K2OP. The first-order chi connectivity index (χ1) is 1.00. The summed E-state index contributed by atoms with van der Waals surface area (Å²) in [5, 5.41) is 0. The SMILES string of the molecule is OP.[H-].[H-].[K+].[K+]. The maximum absolute atomic E-state index is 6.92. The fraction of sp³-hybridized carbons (Fsp3) is 0. The molecule has 0 rings (SSSR count). The van der Waals surface area contributed by atoms with E-state index in [9.17, 15) is 0 Å². The van der Waals surface area contributed by atoms with E-state index in [1.807, 2.05) is 0 Å². The van der Waals surface area contributed by atoms with Gasteiger partial charge in [0.25, 0.3) is 0 Å². The van der Waals surface area contributed by atoms with Crippen LogP contribution in [0, 0.1) is 0 Å². The predicted molar refractivity (Wildman–Crippen MR) is 14.2 cm³/mol. The molecule has 1 N–H and O–H groups in total. The topological polar surface area (TPSA) is 20.2 Å². The summed E-state index contributed by atoms with van der Waals surface area (Å²) in [5.74, 6) is 0. The minimum Gasteiger partial charge on any atom is -1.00 e. The maximum Gasteiger partial charge on any atom is 1.00 e. The van der Waals surface area contributed by atoms with Gasteiger partial charge in [0.15, 0.2) is 0 Å². The minimum atomic E-state index is 0. The average molecular weight is 130 g/mol. The molecule has 0 bridgehead atoms. The molecule has 0 aromatic heterocycles. The normalized spacial score (nSPS) is 1.50. The third-order valence-corrected chi connectivity index (χ3v) is 0. The van der Waals surface area contributed by atoms with Gasteiger partial charge in [-0.15, -0.1) is 0 Å². The molecule has 0 aromatic rings. The molecule has 0 spiro atoms. The first-order valence-electron chi connectivity index (χ1n) is 0.258. The molecule has 0 aliphatic carbocycles. The molecule has 4 heteroatoms. The van der Waals surface area contributed by atoms with Crippen molar-refractivity contribution >= 4 is 9.47 Å². The fourth-order valence-corrected chi connectivity index (χ4v) is 0. The van der Waals surface area contributed by atoms with Gasteiger partial charge >= 0.3 is 103 Å². The van der Waals surface area contributed by atoms with Gasteiger partial charge in [-0.3, -0.25) is 0 Å². The van der Waals surface area contributed by atoms with Gasteiger partial charge in [-0.1, -0.05) is 0 Å². The van der Waals surface area contributed by atoms with Crippen molar-refractivity contribution in [2.75, 3.05) is 0 Å². The van der Waals surface area contributed by atoms with Gasteiger partial charge in [0.2, 0.25) is 0 Å². The molecular weight excluding hydrogens is 125 g/mol. The van der Waals surface area contributed by atoms with E-state index in [4.69, 9.17) is 4.89 Å². The molecule has 0 fully saturated rings. The smallest absolute Gasteiger partial charge is 1.00 e. The summed E-state index contributed by atoms with van der Waals surface area (Å²) >= 11 is 0. The van der Waals surface area contributed by atoms with Crippen molar-refractivity contribution in [3.8, 4) is 0 Å². The first-order valence-corrected chi connectivity index (χ1v) is 0.775. The summed E-state index contributed by atoms with van der Waals surface area (Å²) in [4.78, 5) is 6.92. The Morgan fingerprint density at radius 1 is 1.25 bits per heavy atom. The second kappa shape index (κ2) is 15.9. The van der Waals surface area contributed by atoms with Crippen LogP contribution in [0.3, 0.4) is 0 Å². The van der Waals surface area contributed by atoms with Crippen LogP contribution in [0.2, 0.25) is 0 Å². The molecule has 0 heterocycles. The van der Waals surface area contributed by atoms with E-state index in [0.717, 1.165) is 0 Å². The Morgan fingerprint density at radius 2 is 1.25 bits per heavy atom. The summed E-state index contributed by atoms with van der Waals surface area (Å²) < 4.78 is 0. The van der Waals surface area contributed by atoms with Gasteiger partial charge in [-0.05, 0) is 9.47 Å². The second-order valence-corrected chi connectivity index (χ2v) is 0. The molecule has 18 valence electrons. The van der Waals surface area contributed by atoms with E-state index in [2.05, 4.69) is 0 Å². The minimum absolute atomic E-state index is 0. The fourth-order valence-electron chi connectivity index (χ4n) is 0. The van der Waals surface area contributed by atoms with Gasteiger partial charge < -0.3 is 7.75 Å². The summed E-state index contributed by atoms with van der Waals surface area (Å²) in [7, 11) is 1.42.